The van der Waals surface area contributed by atoms with Gasteiger partial charge in [-0.2, -0.15) is 0 Å². The summed E-state index contributed by atoms with van der Waals surface area (Å²) in [5.41, 5.74) is 0.520. The number of benzene rings is 2. The van der Waals surface area contributed by atoms with Gasteiger partial charge in [0.15, 0.2) is 12.4 Å². The quantitative estimate of drug-likeness (QED) is 0.509. The maximum atomic E-state index is 12.2. The molecule has 0 radical (unpaired) electrons. The van der Waals surface area contributed by atoms with E-state index in [-0.39, 0.29) is 18.9 Å². The predicted molar refractivity (Wildman–Crippen MR) is 94.5 cm³/mol. The van der Waals surface area contributed by atoms with Crippen molar-refractivity contribution in [3.8, 4) is 0 Å². The monoisotopic (exact) mass is 335 g/mol. The van der Waals surface area contributed by atoms with Crippen LogP contribution in [0.25, 0.3) is 10.8 Å². The van der Waals surface area contributed by atoms with E-state index in [2.05, 4.69) is 9.97 Å². The Kier molecular flexibility index (Phi) is 4.99. The van der Waals surface area contributed by atoms with Gasteiger partial charge in [0.2, 0.25) is 5.95 Å². The summed E-state index contributed by atoms with van der Waals surface area (Å²) in [6, 6.07) is 14.9. The fraction of sp³-hybridized carbons (Fsp3) is 0.158. The molecule has 1 heterocycles. The third-order valence-electron chi connectivity index (χ3n) is 3.70. The standard InChI is InChI=1S/C19H17N3O3/c1-22(19-20-9-4-10-21-19)12-18(24)25-13-17(23)16-8-7-14-5-2-3-6-15(14)11-16/h2-11H,12-13H2,1H3. The zero-order chi connectivity index (χ0) is 17.6. The van der Waals surface area contributed by atoms with Crippen molar-refractivity contribution in [2.75, 3.05) is 25.1 Å². The molecule has 6 heteroatoms. The number of ketones is 1. The van der Waals surface area contributed by atoms with Crippen LogP contribution in [0.4, 0.5) is 5.95 Å². The van der Waals surface area contributed by atoms with E-state index in [4.69, 9.17) is 4.74 Å². The molecule has 126 valence electrons. The van der Waals surface area contributed by atoms with E-state index >= 15 is 0 Å². The molecule has 0 unspecified atom stereocenters. The predicted octanol–water partition coefficient (Wildman–Crippen LogP) is 2.49. The first kappa shape index (κ1) is 16.6. The molecular formula is C19H17N3O3. The van der Waals surface area contributed by atoms with Gasteiger partial charge in [0.25, 0.3) is 0 Å². The molecule has 0 aliphatic carbocycles. The van der Waals surface area contributed by atoms with Crippen LogP contribution in [0.3, 0.4) is 0 Å². The van der Waals surface area contributed by atoms with Crippen molar-refractivity contribution >= 4 is 28.5 Å². The van der Waals surface area contributed by atoms with Gasteiger partial charge < -0.3 is 9.64 Å². The van der Waals surface area contributed by atoms with E-state index < -0.39 is 5.97 Å². The molecule has 1 aromatic heterocycles. The molecule has 0 saturated carbocycles. The maximum absolute atomic E-state index is 12.2. The molecule has 0 amide bonds. The first-order valence-electron chi connectivity index (χ1n) is 7.79. The summed E-state index contributed by atoms with van der Waals surface area (Å²) in [7, 11) is 1.68. The highest BCUT2D eigenvalue weighted by Crippen LogP contribution is 2.16. The number of ether oxygens (including phenoxy) is 1. The van der Waals surface area contributed by atoms with E-state index in [1.165, 1.54) is 0 Å². The Bertz CT molecular complexity index is 897. The van der Waals surface area contributed by atoms with E-state index in [1.807, 2.05) is 30.3 Å². The van der Waals surface area contributed by atoms with Crippen LogP contribution >= 0.6 is 0 Å². The minimum absolute atomic E-state index is 0.0327. The van der Waals surface area contributed by atoms with E-state index in [0.717, 1.165) is 10.8 Å². The Morgan fingerprint density at radius 1 is 1.00 bits per heavy atom. The summed E-state index contributed by atoms with van der Waals surface area (Å²) in [5.74, 6) is -0.331. The highest BCUT2D eigenvalue weighted by molar-refractivity contribution is 6.01. The molecule has 6 nitrogen and oxygen atoms in total. The minimum atomic E-state index is -0.510. The lowest BCUT2D eigenvalue weighted by molar-refractivity contribution is -0.140. The van der Waals surface area contributed by atoms with Gasteiger partial charge in [-0.05, 0) is 22.9 Å². The second-order valence-corrected chi connectivity index (χ2v) is 5.55. The fourth-order valence-corrected chi connectivity index (χ4v) is 2.39. The number of hydrogen-bond donors (Lipinski definition) is 0. The number of nitrogens with zero attached hydrogens (tertiary/aromatic N) is 3. The van der Waals surface area contributed by atoms with Gasteiger partial charge in [0, 0.05) is 25.0 Å². The van der Waals surface area contributed by atoms with Gasteiger partial charge in [0.05, 0.1) is 0 Å². The van der Waals surface area contributed by atoms with Crippen molar-refractivity contribution in [2.24, 2.45) is 0 Å². The SMILES string of the molecule is CN(CC(=O)OCC(=O)c1ccc2ccccc2c1)c1ncccn1. The van der Waals surface area contributed by atoms with Gasteiger partial charge in [0.1, 0.15) is 6.54 Å². The Balaban J connectivity index is 1.56. The molecule has 0 atom stereocenters. The second-order valence-electron chi connectivity index (χ2n) is 5.55. The van der Waals surface area contributed by atoms with Gasteiger partial charge in [-0.25, -0.2) is 9.97 Å². The van der Waals surface area contributed by atoms with Crippen LogP contribution in [0.5, 0.6) is 0 Å². The number of rotatable bonds is 6. The van der Waals surface area contributed by atoms with Crippen LogP contribution in [0.1, 0.15) is 10.4 Å². The number of fused-ring (bicyclic) bond motifs is 1. The molecular weight excluding hydrogens is 318 g/mol. The zero-order valence-corrected chi connectivity index (χ0v) is 13.8. The van der Waals surface area contributed by atoms with Crippen molar-refractivity contribution in [2.45, 2.75) is 0 Å². The fourth-order valence-electron chi connectivity index (χ4n) is 2.39. The highest BCUT2D eigenvalue weighted by atomic mass is 16.5. The second kappa shape index (κ2) is 7.53. The van der Waals surface area contributed by atoms with Crippen LogP contribution in [-0.4, -0.2) is 41.9 Å². The molecule has 0 aliphatic rings. The van der Waals surface area contributed by atoms with Gasteiger partial charge in [-0.3, -0.25) is 9.59 Å². The number of likely N-dealkylation sites (N-methyl/N-ethyl adjacent to an activating group) is 1. The van der Waals surface area contributed by atoms with E-state index in [0.29, 0.717) is 11.5 Å². The van der Waals surface area contributed by atoms with Gasteiger partial charge in [-0.1, -0.05) is 36.4 Å². The number of Topliss-reactive ketones (excluding diaryl/α,β-unsaturated/α-hetero) is 1. The molecule has 2 aromatic carbocycles. The maximum Gasteiger partial charge on any atom is 0.326 e. The van der Waals surface area contributed by atoms with Crippen LogP contribution in [-0.2, 0) is 9.53 Å². The normalized spacial score (nSPS) is 10.4. The van der Waals surface area contributed by atoms with Gasteiger partial charge in [-0.15, -0.1) is 0 Å². The minimum Gasteiger partial charge on any atom is -0.456 e. The number of hydrogen-bond acceptors (Lipinski definition) is 6. The average Bonchev–Trinajstić information content (AvgIpc) is 2.66. The first-order valence-corrected chi connectivity index (χ1v) is 7.79. The molecule has 0 aliphatic heterocycles. The topological polar surface area (TPSA) is 72.4 Å². The first-order chi connectivity index (χ1) is 12.1. The van der Waals surface area contributed by atoms with E-state index in [9.17, 15) is 9.59 Å². The van der Waals surface area contributed by atoms with Crippen molar-refractivity contribution in [1.82, 2.24) is 9.97 Å². The highest BCUT2D eigenvalue weighted by Gasteiger charge is 2.13. The van der Waals surface area contributed by atoms with Crippen LogP contribution in [0.2, 0.25) is 0 Å². The van der Waals surface area contributed by atoms with Crippen LogP contribution in [0.15, 0.2) is 60.9 Å². The van der Waals surface area contributed by atoms with Crippen molar-refractivity contribution < 1.29 is 14.3 Å². The summed E-state index contributed by atoms with van der Waals surface area (Å²) in [4.78, 5) is 33.8. The Labute approximate surface area is 145 Å². The van der Waals surface area contributed by atoms with Crippen LogP contribution < -0.4 is 4.90 Å². The summed E-state index contributed by atoms with van der Waals surface area (Å²) in [6.07, 6.45) is 3.18. The Hall–Kier alpha value is -3.28. The van der Waals surface area contributed by atoms with Crippen molar-refractivity contribution in [3.05, 3.63) is 66.5 Å². The third kappa shape index (κ3) is 4.17. The zero-order valence-electron chi connectivity index (χ0n) is 13.8. The largest absolute Gasteiger partial charge is 0.456 e. The smallest absolute Gasteiger partial charge is 0.326 e. The van der Waals surface area contributed by atoms with Gasteiger partial charge >= 0.3 is 5.97 Å². The molecule has 25 heavy (non-hydrogen) atoms. The number of anilines is 1. The number of carbonyl (C=O) groups excluding carboxylic acids is 2. The molecule has 3 aromatic rings. The Morgan fingerprint density at radius 2 is 1.72 bits per heavy atom. The molecule has 0 fully saturated rings. The third-order valence-corrected chi connectivity index (χ3v) is 3.70. The van der Waals surface area contributed by atoms with Crippen molar-refractivity contribution in [3.63, 3.8) is 0 Å². The van der Waals surface area contributed by atoms with E-state index in [1.54, 1.807) is 42.5 Å². The average molecular weight is 335 g/mol. The lowest BCUT2D eigenvalue weighted by Crippen LogP contribution is -2.29. The molecule has 0 N–H and O–H groups in total. The molecule has 0 saturated heterocycles. The number of esters is 1. The Morgan fingerprint density at radius 3 is 2.48 bits per heavy atom. The summed E-state index contributed by atoms with van der Waals surface area (Å²) >= 11 is 0. The molecule has 0 spiro atoms. The lowest BCUT2D eigenvalue weighted by atomic mass is 10.0. The number of aromatic nitrogens is 2. The lowest BCUT2D eigenvalue weighted by Gasteiger charge is -2.15. The molecule has 0 bridgehead atoms. The summed E-state index contributed by atoms with van der Waals surface area (Å²) in [6.45, 7) is -0.324. The summed E-state index contributed by atoms with van der Waals surface area (Å²) < 4.78 is 5.08. The van der Waals surface area contributed by atoms with Crippen LogP contribution in [0, 0.1) is 0 Å². The van der Waals surface area contributed by atoms with Crippen molar-refractivity contribution in [1.29, 1.82) is 0 Å². The summed E-state index contributed by atoms with van der Waals surface area (Å²) in [5, 5.41) is 2.03. The molecule has 3 rings (SSSR count). The number of carbonyl (C=O) groups is 2.